The molecule has 0 spiro atoms. The standard InChI is InChI=1S/C13H25N/c1-12(2)9-13(3,4)11-6-8-14-7-5-10(11)12/h10-11,14H,5-9H2,1-4H3. The lowest BCUT2D eigenvalue weighted by molar-refractivity contribution is 0.190. The van der Waals surface area contributed by atoms with Gasteiger partial charge in [0.25, 0.3) is 0 Å². The molecular weight excluding hydrogens is 170 g/mol. The predicted molar refractivity (Wildman–Crippen MR) is 61.3 cm³/mol. The second-order valence-corrected chi connectivity index (χ2v) is 6.69. The Hall–Kier alpha value is -0.0400. The van der Waals surface area contributed by atoms with Crippen LogP contribution in [0, 0.1) is 22.7 Å². The number of hydrogen-bond donors (Lipinski definition) is 1. The van der Waals surface area contributed by atoms with Crippen LogP contribution >= 0.6 is 0 Å². The van der Waals surface area contributed by atoms with Gasteiger partial charge in [0.2, 0.25) is 0 Å². The van der Waals surface area contributed by atoms with Crippen LogP contribution in [0.15, 0.2) is 0 Å². The Labute approximate surface area is 88.7 Å². The van der Waals surface area contributed by atoms with E-state index in [-0.39, 0.29) is 0 Å². The maximum atomic E-state index is 3.55. The van der Waals surface area contributed by atoms with Gasteiger partial charge in [-0.1, -0.05) is 27.7 Å². The molecular formula is C13H25N. The minimum Gasteiger partial charge on any atom is -0.317 e. The fourth-order valence-corrected chi connectivity index (χ4v) is 4.35. The first-order valence-corrected chi connectivity index (χ1v) is 6.14. The third-order valence-corrected chi connectivity index (χ3v) is 4.67. The minimum absolute atomic E-state index is 0.570. The third kappa shape index (κ3) is 1.60. The molecule has 0 radical (unpaired) electrons. The van der Waals surface area contributed by atoms with Crippen molar-refractivity contribution in [3.8, 4) is 0 Å². The van der Waals surface area contributed by atoms with Gasteiger partial charge in [-0.15, -0.1) is 0 Å². The first-order chi connectivity index (χ1) is 6.43. The van der Waals surface area contributed by atoms with Crippen LogP contribution in [-0.2, 0) is 0 Å². The van der Waals surface area contributed by atoms with E-state index in [4.69, 9.17) is 0 Å². The fourth-order valence-electron chi connectivity index (χ4n) is 4.35. The van der Waals surface area contributed by atoms with Crippen molar-refractivity contribution in [3.05, 3.63) is 0 Å². The highest BCUT2D eigenvalue weighted by molar-refractivity contribution is 5.01. The molecule has 0 aromatic rings. The highest BCUT2D eigenvalue weighted by Crippen LogP contribution is 2.58. The third-order valence-electron chi connectivity index (χ3n) is 4.67. The summed E-state index contributed by atoms with van der Waals surface area (Å²) in [4.78, 5) is 0. The summed E-state index contributed by atoms with van der Waals surface area (Å²) in [7, 11) is 0. The largest absolute Gasteiger partial charge is 0.317 e. The lowest BCUT2D eigenvalue weighted by atomic mass is 9.74. The van der Waals surface area contributed by atoms with Crippen molar-refractivity contribution in [1.82, 2.24) is 5.32 Å². The Balaban J connectivity index is 2.25. The van der Waals surface area contributed by atoms with Crippen LogP contribution in [0.3, 0.4) is 0 Å². The number of fused-ring (bicyclic) bond motifs is 1. The zero-order valence-electron chi connectivity index (χ0n) is 10.2. The summed E-state index contributed by atoms with van der Waals surface area (Å²) in [6.07, 6.45) is 4.19. The van der Waals surface area contributed by atoms with Gasteiger partial charge in [0.15, 0.2) is 0 Å². The molecule has 0 bridgehead atoms. The zero-order chi connectivity index (χ0) is 10.4. The van der Waals surface area contributed by atoms with Crippen LogP contribution < -0.4 is 5.32 Å². The molecule has 0 amide bonds. The van der Waals surface area contributed by atoms with E-state index in [0.29, 0.717) is 10.8 Å². The maximum absolute atomic E-state index is 3.55. The summed E-state index contributed by atoms with van der Waals surface area (Å²) < 4.78 is 0. The van der Waals surface area contributed by atoms with Crippen LogP contribution in [0.1, 0.15) is 47.0 Å². The second-order valence-electron chi connectivity index (χ2n) is 6.69. The molecule has 1 aliphatic carbocycles. The number of nitrogens with one attached hydrogen (secondary N) is 1. The molecule has 1 heteroatoms. The van der Waals surface area contributed by atoms with Crippen molar-refractivity contribution in [1.29, 1.82) is 0 Å². The fraction of sp³-hybridized carbons (Fsp3) is 1.00. The van der Waals surface area contributed by atoms with Gasteiger partial charge in [0.1, 0.15) is 0 Å². The molecule has 2 atom stereocenters. The van der Waals surface area contributed by atoms with Gasteiger partial charge in [-0.3, -0.25) is 0 Å². The maximum Gasteiger partial charge on any atom is -0.00460 e. The first kappa shape index (κ1) is 10.5. The molecule has 2 unspecified atom stereocenters. The van der Waals surface area contributed by atoms with Crippen LogP contribution in [0.5, 0.6) is 0 Å². The van der Waals surface area contributed by atoms with Crippen molar-refractivity contribution < 1.29 is 0 Å². The van der Waals surface area contributed by atoms with Crippen LogP contribution in [-0.4, -0.2) is 13.1 Å². The van der Waals surface area contributed by atoms with Crippen molar-refractivity contribution in [2.45, 2.75) is 47.0 Å². The lowest BCUT2D eigenvalue weighted by Gasteiger charge is -2.30. The average molecular weight is 195 g/mol. The normalized spacial score (nSPS) is 40.3. The van der Waals surface area contributed by atoms with Gasteiger partial charge >= 0.3 is 0 Å². The Morgan fingerprint density at radius 2 is 1.29 bits per heavy atom. The van der Waals surface area contributed by atoms with Crippen molar-refractivity contribution >= 4 is 0 Å². The molecule has 1 saturated carbocycles. The molecule has 0 aromatic carbocycles. The summed E-state index contributed by atoms with van der Waals surface area (Å²) in [6.45, 7) is 12.4. The number of hydrogen-bond acceptors (Lipinski definition) is 1. The zero-order valence-corrected chi connectivity index (χ0v) is 10.2. The highest BCUT2D eigenvalue weighted by Gasteiger charge is 2.51. The van der Waals surface area contributed by atoms with E-state index < -0.39 is 0 Å². The van der Waals surface area contributed by atoms with Gasteiger partial charge in [-0.05, 0) is 55.0 Å². The molecule has 0 aromatic heterocycles. The molecule has 1 heterocycles. The van der Waals surface area contributed by atoms with Crippen LogP contribution in [0.2, 0.25) is 0 Å². The predicted octanol–water partition coefficient (Wildman–Crippen LogP) is 3.06. The van der Waals surface area contributed by atoms with Crippen LogP contribution in [0.25, 0.3) is 0 Å². The second kappa shape index (κ2) is 3.23. The van der Waals surface area contributed by atoms with E-state index in [9.17, 15) is 0 Å². The number of rotatable bonds is 0. The molecule has 1 nitrogen and oxygen atoms in total. The van der Waals surface area contributed by atoms with Gasteiger partial charge in [0, 0.05) is 0 Å². The van der Waals surface area contributed by atoms with Gasteiger partial charge < -0.3 is 5.32 Å². The highest BCUT2D eigenvalue weighted by atomic mass is 14.9. The van der Waals surface area contributed by atoms with Crippen LogP contribution in [0.4, 0.5) is 0 Å². The lowest BCUT2D eigenvalue weighted by Crippen LogP contribution is -2.24. The smallest absolute Gasteiger partial charge is 0.00460 e. The Kier molecular flexibility index (Phi) is 2.42. The monoisotopic (exact) mass is 195 g/mol. The summed E-state index contributed by atoms with van der Waals surface area (Å²) in [5.74, 6) is 1.90. The minimum atomic E-state index is 0.570. The molecule has 2 rings (SSSR count). The molecule has 2 aliphatic rings. The molecule has 2 fully saturated rings. The molecule has 1 aliphatic heterocycles. The van der Waals surface area contributed by atoms with E-state index in [1.165, 1.54) is 32.4 Å². The van der Waals surface area contributed by atoms with E-state index in [0.717, 1.165) is 11.8 Å². The van der Waals surface area contributed by atoms with Gasteiger partial charge in [0.05, 0.1) is 0 Å². The first-order valence-electron chi connectivity index (χ1n) is 6.14. The molecule has 14 heavy (non-hydrogen) atoms. The Bertz CT molecular complexity index is 195. The van der Waals surface area contributed by atoms with E-state index >= 15 is 0 Å². The summed E-state index contributed by atoms with van der Waals surface area (Å²) in [6, 6.07) is 0. The van der Waals surface area contributed by atoms with Crippen molar-refractivity contribution in [2.24, 2.45) is 22.7 Å². The Morgan fingerprint density at radius 3 is 1.71 bits per heavy atom. The van der Waals surface area contributed by atoms with Gasteiger partial charge in [-0.25, -0.2) is 0 Å². The van der Waals surface area contributed by atoms with Crippen molar-refractivity contribution in [2.75, 3.05) is 13.1 Å². The molecule has 1 N–H and O–H groups in total. The topological polar surface area (TPSA) is 12.0 Å². The molecule has 1 saturated heterocycles. The van der Waals surface area contributed by atoms with E-state index in [2.05, 4.69) is 33.0 Å². The SMILES string of the molecule is CC1(C)CC(C)(C)C2CCNCCC21. The summed E-state index contributed by atoms with van der Waals surface area (Å²) in [5.41, 5.74) is 1.14. The summed E-state index contributed by atoms with van der Waals surface area (Å²) >= 11 is 0. The summed E-state index contributed by atoms with van der Waals surface area (Å²) in [5, 5.41) is 3.55. The van der Waals surface area contributed by atoms with E-state index in [1.54, 1.807) is 0 Å². The quantitative estimate of drug-likeness (QED) is 0.626. The van der Waals surface area contributed by atoms with E-state index in [1.807, 2.05) is 0 Å². The van der Waals surface area contributed by atoms with Gasteiger partial charge in [-0.2, -0.15) is 0 Å². The molecule has 82 valence electrons. The van der Waals surface area contributed by atoms with Crippen molar-refractivity contribution in [3.63, 3.8) is 0 Å². The average Bonchev–Trinajstić information content (AvgIpc) is 2.27. The Morgan fingerprint density at radius 1 is 0.857 bits per heavy atom.